The number of aromatic nitrogens is 2. The molecule has 0 bridgehead atoms. The number of nitrogens with zero attached hydrogens (tertiary/aromatic N) is 2. The molecule has 1 heterocycles. The fourth-order valence-electron chi connectivity index (χ4n) is 2.45. The maximum atomic E-state index is 10.0. The number of aromatic hydroxyl groups is 1. The number of anilines is 1. The van der Waals surface area contributed by atoms with Gasteiger partial charge in [0.2, 0.25) is 5.95 Å². The average Bonchev–Trinajstić information content (AvgIpc) is 2.88. The molecule has 118 valence electrons. The summed E-state index contributed by atoms with van der Waals surface area (Å²) in [5.41, 5.74) is 2.52. The summed E-state index contributed by atoms with van der Waals surface area (Å²) in [6.07, 6.45) is 1.81. The van der Waals surface area contributed by atoms with E-state index in [1.807, 2.05) is 34.9 Å². The van der Waals surface area contributed by atoms with Gasteiger partial charge >= 0.3 is 0 Å². The first-order chi connectivity index (χ1) is 11.1. The molecule has 0 amide bonds. The second kappa shape index (κ2) is 6.52. The van der Waals surface area contributed by atoms with Crippen LogP contribution in [0.3, 0.4) is 0 Å². The molecule has 3 rings (SSSR count). The van der Waals surface area contributed by atoms with Crippen molar-refractivity contribution in [2.45, 2.75) is 13.1 Å². The van der Waals surface area contributed by atoms with Crippen molar-refractivity contribution in [3.05, 3.63) is 64.7 Å². The number of nitrogens with one attached hydrogen (secondary N) is 1. The summed E-state index contributed by atoms with van der Waals surface area (Å²) in [6, 6.07) is 11.1. The lowest BCUT2D eigenvalue weighted by atomic mass is 10.2. The molecule has 0 saturated carbocycles. The summed E-state index contributed by atoms with van der Waals surface area (Å²) < 4.78 is 2.02. The molecule has 0 atom stereocenters. The molecule has 0 unspecified atom stereocenters. The quantitative estimate of drug-likeness (QED) is 0.648. The zero-order chi connectivity index (χ0) is 16.4. The van der Waals surface area contributed by atoms with Gasteiger partial charge < -0.3 is 15.0 Å². The van der Waals surface area contributed by atoms with Crippen molar-refractivity contribution >= 4 is 40.2 Å². The van der Waals surface area contributed by atoms with Crippen LogP contribution in [0, 0.1) is 0 Å². The van der Waals surface area contributed by atoms with Gasteiger partial charge in [0.1, 0.15) is 5.75 Å². The van der Waals surface area contributed by atoms with E-state index in [9.17, 15) is 5.11 Å². The van der Waals surface area contributed by atoms with Crippen LogP contribution >= 0.6 is 23.2 Å². The largest absolute Gasteiger partial charge is 0.506 e. The van der Waals surface area contributed by atoms with Gasteiger partial charge in [-0.05, 0) is 24.3 Å². The number of phenols is 1. The normalized spacial score (nSPS) is 10.9. The van der Waals surface area contributed by atoms with Crippen molar-refractivity contribution in [1.82, 2.24) is 9.55 Å². The summed E-state index contributed by atoms with van der Waals surface area (Å²) in [4.78, 5) is 4.58. The number of allylic oxidation sites excluding steroid dienone is 1. The number of fused-ring (bicyclic) bond motifs is 1. The standard InChI is InChI=1S/C17H15Cl2N3O/c1-2-7-22-15-6-4-3-5-14(15)21-17(22)20-10-11-8-12(18)9-13(19)16(11)23/h2-6,8-9,23H,1,7,10H2,(H,20,21). The highest BCUT2D eigenvalue weighted by Crippen LogP contribution is 2.31. The van der Waals surface area contributed by atoms with Crippen molar-refractivity contribution in [2.24, 2.45) is 0 Å². The summed E-state index contributed by atoms with van der Waals surface area (Å²) in [7, 11) is 0. The molecule has 0 aliphatic heterocycles. The van der Waals surface area contributed by atoms with Gasteiger partial charge in [-0.3, -0.25) is 0 Å². The molecule has 0 saturated heterocycles. The molecule has 23 heavy (non-hydrogen) atoms. The first-order valence-electron chi connectivity index (χ1n) is 7.07. The minimum atomic E-state index is 0.0231. The minimum Gasteiger partial charge on any atom is -0.506 e. The molecule has 0 aliphatic rings. The van der Waals surface area contributed by atoms with Crippen LogP contribution in [0.4, 0.5) is 5.95 Å². The molecule has 0 fully saturated rings. The predicted molar refractivity (Wildman–Crippen MR) is 95.4 cm³/mol. The Bertz CT molecular complexity index is 874. The molecule has 2 aromatic carbocycles. The van der Waals surface area contributed by atoms with E-state index in [0.29, 0.717) is 29.6 Å². The maximum Gasteiger partial charge on any atom is 0.204 e. The van der Waals surface area contributed by atoms with Crippen LogP contribution in [0.2, 0.25) is 10.0 Å². The molecular weight excluding hydrogens is 333 g/mol. The Morgan fingerprint density at radius 3 is 2.83 bits per heavy atom. The van der Waals surface area contributed by atoms with Crippen LogP contribution in [0.15, 0.2) is 49.1 Å². The SMILES string of the molecule is C=CCn1c(NCc2cc(Cl)cc(Cl)c2O)nc2ccccc21. The molecule has 0 radical (unpaired) electrons. The zero-order valence-electron chi connectivity index (χ0n) is 12.3. The summed E-state index contributed by atoms with van der Waals surface area (Å²) >= 11 is 11.9. The fourth-order valence-corrected chi connectivity index (χ4v) is 2.99. The lowest BCUT2D eigenvalue weighted by Gasteiger charge is -2.11. The lowest BCUT2D eigenvalue weighted by Crippen LogP contribution is -2.07. The first-order valence-corrected chi connectivity index (χ1v) is 7.82. The first kappa shape index (κ1) is 15.7. The van der Waals surface area contributed by atoms with Crippen LogP contribution in [-0.4, -0.2) is 14.7 Å². The summed E-state index contributed by atoms with van der Waals surface area (Å²) in [6.45, 7) is 4.77. The van der Waals surface area contributed by atoms with E-state index in [4.69, 9.17) is 23.2 Å². The van der Waals surface area contributed by atoms with Crippen LogP contribution in [-0.2, 0) is 13.1 Å². The predicted octanol–water partition coefficient (Wildman–Crippen LogP) is 4.85. The number of phenolic OH excluding ortho intramolecular Hbond substituents is 1. The zero-order valence-corrected chi connectivity index (χ0v) is 13.8. The van der Waals surface area contributed by atoms with Gasteiger partial charge in [0.25, 0.3) is 0 Å². The minimum absolute atomic E-state index is 0.0231. The van der Waals surface area contributed by atoms with Gasteiger partial charge in [-0.25, -0.2) is 4.98 Å². The van der Waals surface area contributed by atoms with Crippen molar-refractivity contribution in [1.29, 1.82) is 0 Å². The number of rotatable bonds is 5. The van der Waals surface area contributed by atoms with Gasteiger partial charge in [0.15, 0.2) is 0 Å². The molecule has 3 aromatic rings. The third-order valence-corrected chi connectivity index (χ3v) is 4.02. The number of hydrogen-bond acceptors (Lipinski definition) is 3. The second-order valence-electron chi connectivity index (χ2n) is 5.07. The van der Waals surface area contributed by atoms with Crippen molar-refractivity contribution < 1.29 is 5.11 Å². The van der Waals surface area contributed by atoms with E-state index in [0.717, 1.165) is 11.0 Å². The number of hydrogen-bond donors (Lipinski definition) is 2. The Hall–Kier alpha value is -2.17. The summed E-state index contributed by atoms with van der Waals surface area (Å²) in [5.74, 6) is 0.719. The van der Waals surface area contributed by atoms with E-state index in [1.54, 1.807) is 6.07 Å². The third kappa shape index (κ3) is 3.14. The van der Waals surface area contributed by atoms with Crippen LogP contribution in [0.1, 0.15) is 5.56 Å². The molecule has 1 aromatic heterocycles. The van der Waals surface area contributed by atoms with Gasteiger partial charge in [-0.2, -0.15) is 0 Å². The van der Waals surface area contributed by atoms with Crippen molar-refractivity contribution in [3.63, 3.8) is 0 Å². The van der Waals surface area contributed by atoms with E-state index in [2.05, 4.69) is 16.9 Å². The van der Waals surface area contributed by atoms with Crippen LogP contribution in [0.5, 0.6) is 5.75 Å². The topological polar surface area (TPSA) is 50.1 Å². The molecule has 4 nitrogen and oxygen atoms in total. The Morgan fingerprint density at radius 2 is 2.04 bits per heavy atom. The molecule has 0 aliphatic carbocycles. The van der Waals surface area contributed by atoms with Gasteiger partial charge in [-0.1, -0.05) is 41.4 Å². The Labute approximate surface area is 144 Å². The monoisotopic (exact) mass is 347 g/mol. The maximum absolute atomic E-state index is 10.0. The summed E-state index contributed by atoms with van der Waals surface area (Å²) in [5, 5.41) is 14.0. The van der Waals surface area contributed by atoms with Gasteiger partial charge in [0.05, 0.1) is 16.1 Å². The molecule has 6 heteroatoms. The average molecular weight is 348 g/mol. The third-order valence-electron chi connectivity index (χ3n) is 3.51. The highest BCUT2D eigenvalue weighted by atomic mass is 35.5. The highest BCUT2D eigenvalue weighted by Gasteiger charge is 2.12. The fraction of sp³-hybridized carbons (Fsp3) is 0.118. The molecular formula is C17H15Cl2N3O. The number of benzene rings is 2. The van der Waals surface area contributed by atoms with Gasteiger partial charge in [-0.15, -0.1) is 6.58 Å². The van der Waals surface area contributed by atoms with Crippen LogP contribution < -0.4 is 5.32 Å². The number of imidazole rings is 1. The molecule has 0 spiro atoms. The van der Waals surface area contributed by atoms with Crippen molar-refractivity contribution in [2.75, 3.05) is 5.32 Å². The van der Waals surface area contributed by atoms with E-state index in [1.165, 1.54) is 6.07 Å². The van der Waals surface area contributed by atoms with E-state index >= 15 is 0 Å². The number of para-hydroxylation sites is 2. The lowest BCUT2D eigenvalue weighted by molar-refractivity contribution is 0.469. The van der Waals surface area contributed by atoms with Gasteiger partial charge in [0, 0.05) is 23.7 Å². The second-order valence-corrected chi connectivity index (χ2v) is 5.92. The van der Waals surface area contributed by atoms with Crippen molar-refractivity contribution in [3.8, 4) is 5.75 Å². The van der Waals surface area contributed by atoms with Crippen LogP contribution in [0.25, 0.3) is 11.0 Å². The number of halogens is 2. The Kier molecular flexibility index (Phi) is 4.46. The van der Waals surface area contributed by atoms with E-state index in [-0.39, 0.29) is 10.8 Å². The molecule has 2 N–H and O–H groups in total. The Morgan fingerprint density at radius 1 is 1.26 bits per heavy atom. The highest BCUT2D eigenvalue weighted by molar-refractivity contribution is 6.35. The van der Waals surface area contributed by atoms with E-state index < -0.39 is 0 Å². The smallest absolute Gasteiger partial charge is 0.204 e. The Balaban J connectivity index is 1.93.